The van der Waals surface area contributed by atoms with Gasteiger partial charge in [-0.05, 0) is 31.6 Å². The maximum Gasteiger partial charge on any atom is 0.129 e. The second-order valence-electron chi connectivity index (χ2n) is 4.05. The fraction of sp³-hybridized carbons (Fsp3) is 0.545. The smallest absolute Gasteiger partial charge is 0.129 e. The minimum Gasteiger partial charge on any atom is -0.315 e. The second kappa shape index (κ2) is 6.40. The number of aromatic nitrogens is 1. The van der Waals surface area contributed by atoms with Crippen LogP contribution in [0.2, 0.25) is 5.15 Å². The summed E-state index contributed by atoms with van der Waals surface area (Å²) in [5.41, 5.74) is 1.22. The van der Waals surface area contributed by atoms with E-state index in [2.05, 4.69) is 22.2 Å². The van der Waals surface area contributed by atoms with Gasteiger partial charge in [0.1, 0.15) is 5.15 Å². The monoisotopic (exact) mass is 261 g/mol. The molecule has 5 heteroatoms. The van der Waals surface area contributed by atoms with E-state index >= 15 is 0 Å². The van der Waals surface area contributed by atoms with Gasteiger partial charge in [0.15, 0.2) is 0 Å². The van der Waals surface area contributed by atoms with Crippen LogP contribution in [0.4, 0.5) is 0 Å². The average molecular weight is 262 g/mol. The number of hydrogen-bond donors (Lipinski definition) is 1. The van der Waals surface area contributed by atoms with Crippen LogP contribution in [-0.4, -0.2) is 36.1 Å². The molecule has 0 spiro atoms. The number of halogens is 2. The topological polar surface area (TPSA) is 28.2 Å². The largest absolute Gasteiger partial charge is 0.315 e. The third-order valence-corrected chi connectivity index (χ3v) is 3.10. The Kier molecular flexibility index (Phi) is 5.49. The molecule has 1 aliphatic rings. The van der Waals surface area contributed by atoms with Crippen LogP contribution in [0, 0.1) is 0 Å². The standard InChI is InChI=1S/C11H16ClN3.ClH/c1-15(10-4-5-13-7-10)8-9-2-3-11(12)14-6-9;/h2-3,6,10,13H,4-5,7-8H2,1H3;1H. The number of nitrogens with one attached hydrogen (secondary N) is 1. The highest BCUT2D eigenvalue weighted by atomic mass is 35.5. The number of hydrogen-bond acceptors (Lipinski definition) is 3. The second-order valence-corrected chi connectivity index (χ2v) is 4.44. The van der Waals surface area contributed by atoms with Crippen LogP contribution in [0.5, 0.6) is 0 Å². The minimum atomic E-state index is 0. The van der Waals surface area contributed by atoms with Crippen LogP contribution in [0.3, 0.4) is 0 Å². The van der Waals surface area contributed by atoms with Crippen molar-refractivity contribution < 1.29 is 0 Å². The zero-order valence-electron chi connectivity index (χ0n) is 9.32. The Morgan fingerprint density at radius 2 is 2.38 bits per heavy atom. The lowest BCUT2D eigenvalue weighted by molar-refractivity contribution is 0.248. The van der Waals surface area contributed by atoms with Crippen LogP contribution in [0.25, 0.3) is 0 Å². The summed E-state index contributed by atoms with van der Waals surface area (Å²) in [4.78, 5) is 6.45. The van der Waals surface area contributed by atoms with E-state index in [0.29, 0.717) is 11.2 Å². The summed E-state index contributed by atoms with van der Waals surface area (Å²) in [6, 6.07) is 4.53. The summed E-state index contributed by atoms with van der Waals surface area (Å²) in [5.74, 6) is 0. The Labute approximate surface area is 108 Å². The molecule has 1 aliphatic heterocycles. The van der Waals surface area contributed by atoms with Gasteiger partial charge in [-0.1, -0.05) is 17.7 Å². The first-order valence-electron chi connectivity index (χ1n) is 5.27. The van der Waals surface area contributed by atoms with E-state index in [9.17, 15) is 0 Å². The molecule has 0 radical (unpaired) electrons. The Morgan fingerprint density at radius 3 is 2.94 bits per heavy atom. The van der Waals surface area contributed by atoms with E-state index in [-0.39, 0.29) is 12.4 Å². The lowest BCUT2D eigenvalue weighted by Gasteiger charge is -2.23. The number of likely N-dealkylation sites (N-methyl/N-ethyl adjacent to an activating group) is 1. The van der Waals surface area contributed by atoms with Gasteiger partial charge in [-0.2, -0.15) is 0 Å². The van der Waals surface area contributed by atoms with Gasteiger partial charge in [0.2, 0.25) is 0 Å². The van der Waals surface area contributed by atoms with Crippen molar-refractivity contribution in [2.24, 2.45) is 0 Å². The first kappa shape index (κ1) is 13.7. The number of nitrogens with zero attached hydrogens (tertiary/aromatic N) is 2. The lowest BCUT2D eigenvalue weighted by Crippen LogP contribution is -2.32. The van der Waals surface area contributed by atoms with Crippen molar-refractivity contribution in [2.75, 3.05) is 20.1 Å². The molecule has 1 aromatic heterocycles. The molecule has 1 fully saturated rings. The number of pyridine rings is 1. The maximum absolute atomic E-state index is 5.74. The Morgan fingerprint density at radius 1 is 1.56 bits per heavy atom. The van der Waals surface area contributed by atoms with Crippen LogP contribution in [0.1, 0.15) is 12.0 Å². The van der Waals surface area contributed by atoms with E-state index in [1.165, 1.54) is 12.0 Å². The van der Waals surface area contributed by atoms with Crippen LogP contribution >= 0.6 is 24.0 Å². The van der Waals surface area contributed by atoms with E-state index < -0.39 is 0 Å². The zero-order valence-corrected chi connectivity index (χ0v) is 10.9. The molecule has 0 saturated carbocycles. The van der Waals surface area contributed by atoms with Crippen LogP contribution in [0.15, 0.2) is 18.3 Å². The fourth-order valence-electron chi connectivity index (χ4n) is 1.93. The predicted octanol–water partition coefficient (Wildman–Crippen LogP) is 1.95. The summed E-state index contributed by atoms with van der Waals surface area (Å²) in [7, 11) is 2.16. The third kappa shape index (κ3) is 3.59. The highest BCUT2D eigenvalue weighted by molar-refractivity contribution is 6.29. The minimum absolute atomic E-state index is 0. The Bertz CT molecular complexity index is 310. The molecule has 2 rings (SSSR count). The van der Waals surface area contributed by atoms with E-state index in [1.54, 1.807) is 0 Å². The van der Waals surface area contributed by atoms with Gasteiger partial charge in [0, 0.05) is 25.3 Å². The fourth-order valence-corrected chi connectivity index (χ4v) is 2.04. The maximum atomic E-state index is 5.74. The molecule has 0 aliphatic carbocycles. The van der Waals surface area contributed by atoms with Crippen molar-refractivity contribution in [1.82, 2.24) is 15.2 Å². The van der Waals surface area contributed by atoms with Crippen LogP contribution in [-0.2, 0) is 6.54 Å². The normalized spacial score (nSPS) is 19.8. The molecular formula is C11H17Cl2N3. The van der Waals surface area contributed by atoms with Gasteiger partial charge >= 0.3 is 0 Å². The van der Waals surface area contributed by atoms with E-state index in [1.807, 2.05) is 18.3 Å². The van der Waals surface area contributed by atoms with Crippen molar-refractivity contribution in [3.8, 4) is 0 Å². The number of rotatable bonds is 3. The first-order chi connectivity index (χ1) is 7.25. The highest BCUT2D eigenvalue weighted by Crippen LogP contribution is 2.12. The van der Waals surface area contributed by atoms with Crippen molar-refractivity contribution in [3.05, 3.63) is 29.0 Å². The highest BCUT2D eigenvalue weighted by Gasteiger charge is 2.18. The van der Waals surface area contributed by atoms with E-state index in [4.69, 9.17) is 11.6 Å². The van der Waals surface area contributed by atoms with Crippen molar-refractivity contribution in [3.63, 3.8) is 0 Å². The van der Waals surface area contributed by atoms with Crippen molar-refractivity contribution in [1.29, 1.82) is 0 Å². The van der Waals surface area contributed by atoms with Gasteiger partial charge in [-0.3, -0.25) is 4.90 Å². The van der Waals surface area contributed by atoms with Crippen molar-refractivity contribution in [2.45, 2.75) is 19.0 Å². The zero-order chi connectivity index (χ0) is 10.7. The molecule has 1 aromatic rings. The predicted molar refractivity (Wildman–Crippen MR) is 69.2 cm³/mol. The summed E-state index contributed by atoms with van der Waals surface area (Å²) >= 11 is 5.74. The van der Waals surface area contributed by atoms with Crippen LogP contribution < -0.4 is 5.32 Å². The summed E-state index contributed by atoms with van der Waals surface area (Å²) < 4.78 is 0. The molecule has 90 valence electrons. The molecular weight excluding hydrogens is 245 g/mol. The molecule has 1 unspecified atom stereocenters. The summed E-state index contributed by atoms with van der Waals surface area (Å²) in [6.07, 6.45) is 3.08. The third-order valence-electron chi connectivity index (χ3n) is 2.88. The van der Waals surface area contributed by atoms with Crippen molar-refractivity contribution >= 4 is 24.0 Å². The molecule has 3 nitrogen and oxygen atoms in total. The van der Waals surface area contributed by atoms with E-state index in [0.717, 1.165) is 19.6 Å². The Hall–Kier alpha value is -0.350. The SMILES string of the molecule is CN(Cc1ccc(Cl)nc1)C1CCNC1.Cl. The van der Waals surface area contributed by atoms with Gasteiger partial charge in [-0.15, -0.1) is 12.4 Å². The molecule has 1 saturated heterocycles. The van der Waals surface area contributed by atoms with Gasteiger partial charge in [-0.25, -0.2) is 4.98 Å². The van der Waals surface area contributed by atoms with Gasteiger partial charge in [0.05, 0.1) is 0 Å². The molecule has 0 aromatic carbocycles. The quantitative estimate of drug-likeness (QED) is 0.844. The lowest BCUT2D eigenvalue weighted by atomic mass is 10.2. The first-order valence-corrected chi connectivity index (χ1v) is 5.65. The molecule has 2 heterocycles. The summed E-state index contributed by atoms with van der Waals surface area (Å²) in [5, 5.41) is 3.93. The molecule has 16 heavy (non-hydrogen) atoms. The Balaban J connectivity index is 0.00000128. The molecule has 1 N–H and O–H groups in total. The van der Waals surface area contributed by atoms with Gasteiger partial charge < -0.3 is 5.32 Å². The molecule has 1 atom stereocenters. The average Bonchev–Trinajstić information content (AvgIpc) is 2.74. The summed E-state index contributed by atoms with van der Waals surface area (Å²) in [6.45, 7) is 3.17. The molecule has 0 bridgehead atoms. The molecule has 0 amide bonds. The van der Waals surface area contributed by atoms with Gasteiger partial charge in [0.25, 0.3) is 0 Å².